The maximum atomic E-state index is 6.57. The topological polar surface area (TPSA) is 6.48 Å². The van der Waals surface area contributed by atoms with Crippen molar-refractivity contribution in [1.29, 1.82) is 0 Å². The third-order valence-corrected chi connectivity index (χ3v) is 11.3. The van der Waals surface area contributed by atoms with Gasteiger partial charge in [-0.1, -0.05) is 40.1 Å². The molecule has 2 aromatic carbocycles. The van der Waals surface area contributed by atoms with Crippen LogP contribution < -0.4 is 9.80 Å². The van der Waals surface area contributed by atoms with Crippen molar-refractivity contribution in [1.82, 2.24) is 0 Å². The Morgan fingerprint density at radius 2 is 0.938 bits per heavy atom. The molecule has 32 heavy (non-hydrogen) atoms. The van der Waals surface area contributed by atoms with Crippen molar-refractivity contribution in [2.45, 2.75) is 56.6 Å². The van der Waals surface area contributed by atoms with Crippen molar-refractivity contribution in [2.24, 2.45) is 0 Å². The van der Waals surface area contributed by atoms with E-state index >= 15 is 0 Å². The summed E-state index contributed by atoms with van der Waals surface area (Å²) in [5.41, 5.74) is 4.88. The van der Waals surface area contributed by atoms with E-state index in [9.17, 15) is 0 Å². The zero-order chi connectivity index (χ0) is 22.9. The molecule has 0 N–H and O–H groups in total. The maximum absolute atomic E-state index is 6.57. The summed E-state index contributed by atoms with van der Waals surface area (Å²) in [6.45, 7) is 14.4. The van der Waals surface area contributed by atoms with Crippen LogP contribution in [0.15, 0.2) is 48.5 Å². The molecule has 2 aromatic rings. The van der Waals surface area contributed by atoms with Gasteiger partial charge in [0.15, 0.2) is 0 Å². The van der Waals surface area contributed by atoms with Gasteiger partial charge in [0.05, 0.1) is 10.3 Å². The molecule has 0 aliphatic rings. The second-order valence-electron chi connectivity index (χ2n) is 10.9. The van der Waals surface area contributed by atoms with Crippen LogP contribution in [0.5, 0.6) is 0 Å². The van der Waals surface area contributed by atoms with Gasteiger partial charge in [0.1, 0.15) is 0 Å². The first kappa shape index (κ1) is 31.3. The Morgan fingerprint density at radius 1 is 0.656 bits per heavy atom. The second kappa shape index (κ2) is 11.6. The molecule has 0 spiro atoms. The zero-order valence-corrected chi connectivity index (χ0v) is 24.7. The molecule has 0 unspecified atom stereocenters. The molecule has 0 radical (unpaired) electrons. The van der Waals surface area contributed by atoms with E-state index in [1.54, 1.807) is 0 Å². The van der Waals surface area contributed by atoms with Gasteiger partial charge in [-0.3, -0.25) is 0 Å². The summed E-state index contributed by atoms with van der Waals surface area (Å²) < 4.78 is -0.426. The van der Waals surface area contributed by atoms with Gasteiger partial charge in [-0.25, -0.2) is 0 Å². The molecule has 0 aliphatic heterocycles. The Hall–Kier alpha value is -0.686. The van der Waals surface area contributed by atoms with Gasteiger partial charge in [-0.15, -0.1) is 0 Å². The largest absolute Gasteiger partial charge is 2.00 e. The Morgan fingerprint density at radius 3 is 1.16 bits per heavy atom. The van der Waals surface area contributed by atoms with Crippen LogP contribution in [0.4, 0.5) is 11.4 Å². The number of hydrogen-bond donors (Lipinski definition) is 0. The fourth-order valence-electron chi connectivity index (χ4n) is 4.33. The molecule has 0 fully saturated rings. The van der Waals surface area contributed by atoms with E-state index in [-0.39, 0.29) is 34.2 Å². The Labute approximate surface area is 215 Å². The first-order chi connectivity index (χ1) is 13.7. The normalized spacial score (nSPS) is 12.1. The summed E-state index contributed by atoms with van der Waals surface area (Å²) in [6, 6.07) is 17.8. The van der Waals surface area contributed by atoms with E-state index in [1.165, 1.54) is 22.5 Å². The standard InChI is InChI=1S/C26H41N2PS.CH3.Ni/c1-24(2,3)29(25(4,5)6)19-26(30,20-11-15-22(16-12-20)27(7)8)21-13-17-23(18-14-21)28(9)10;;/h11-18,30H,19H2,1-10H3;1H3;/q;-1;+2. The first-order valence-electron chi connectivity index (χ1n) is 10.8. The van der Waals surface area contributed by atoms with Gasteiger partial charge in [0.25, 0.3) is 0 Å². The predicted octanol–water partition coefficient (Wildman–Crippen LogP) is 6.87. The summed E-state index contributed by atoms with van der Waals surface area (Å²) in [6.07, 6.45) is 1.03. The number of benzene rings is 2. The second-order valence-corrected chi connectivity index (χ2v) is 15.9. The number of anilines is 2. The van der Waals surface area contributed by atoms with Gasteiger partial charge in [0.2, 0.25) is 0 Å². The Bertz CT molecular complexity index is 753. The van der Waals surface area contributed by atoms with Crippen molar-refractivity contribution < 1.29 is 16.5 Å². The smallest absolute Gasteiger partial charge is 0.773 e. The van der Waals surface area contributed by atoms with Crippen LogP contribution in [-0.2, 0) is 33.9 Å². The fourth-order valence-corrected chi connectivity index (χ4v) is 9.25. The van der Waals surface area contributed by atoms with E-state index in [4.69, 9.17) is 12.6 Å². The summed E-state index contributed by atoms with van der Waals surface area (Å²) in [7, 11) is 7.51. The molecule has 182 valence electrons. The third-order valence-electron chi connectivity index (χ3n) is 5.94. The molecular weight excluding hydrogens is 474 g/mol. The van der Waals surface area contributed by atoms with Crippen LogP contribution in [0.2, 0.25) is 0 Å². The predicted molar refractivity (Wildman–Crippen MR) is 149 cm³/mol. The minimum absolute atomic E-state index is 0. The summed E-state index contributed by atoms with van der Waals surface area (Å²) in [4.78, 5) is 4.28. The summed E-state index contributed by atoms with van der Waals surface area (Å²) in [5, 5.41) is 0.528. The fraction of sp³-hybridized carbons (Fsp3) is 0.519. The van der Waals surface area contributed by atoms with Crippen molar-refractivity contribution in [3.05, 3.63) is 67.1 Å². The monoisotopic (exact) mass is 517 g/mol. The molecule has 0 aliphatic carbocycles. The van der Waals surface area contributed by atoms with Gasteiger partial charge in [-0.05, 0) is 65.8 Å². The van der Waals surface area contributed by atoms with Crippen molar-refractivity contribution in [2.75, 3.05) is 44.2 Å². The number of rotatable bonds is 6. The zero-order valence-electron chi connectivity index (χ0n) is 21.9. The minimum Gasteiger partial charge on any atom is -0.773 e. The van der Waals surface area contributed by atoms with Gasteiger partial charge in [-0.2, -0.15) is 0 Å². The molecule has 0 atom stereocenters. The van der Waals surface area contributed by atoms with Crippen LogP contribution in [-0.4, -0.2) is 44.7 Å². The molecule has 2 rings (SSSR count). The SMILES string of the molecule is CN(C)c1ccc(C([S-])(C[PH+](C(C)(C)C)C(C)(C)C)c2ccc(N(C)C)cc2)cc1.[CH3-].[Ni+2]. The molecule has 0 saturated heterocycles. The molecule has 0 bridgehead atoms. The first-order valence-corrected chi connectivity index (χ1v) is 12.9. The average molecular weight is 518 g/mol. The maximum Gasteiger partial charge on any atom is 2.00 e. The molecule has 2 nitrogen and oxygen atoms in total. The molecular formula is C27H44N2NiPS+. The van der Waals surface area contributed by atoms with E-state index in [0.717, 1.165) is 6.16 Å². The minimum atomic E-state index is -0.804. The average Bonchev–Trinajstić information content (AvgIpc) is 2.64. The molecule has 0 aromatic heterocycles. The quantitative estimate of drug-likeness (QED) is 0.178. The van der Waals surface area contributed by atoms with Crippen LogP contribution in [0, 0.1) is 7.43 Å². The van der Waals surface area contributed by atoms with Gasteiger partial charge in [0, 0.05) is 53.6 Å². The van der Waals surface area contributed by atoms with Crippen LogP contribution in [0.25, 0.3) is 0 Å². The van der Waals surface area contributed by atoms with Crippen LogP contribution >= 0.6 is 7.92 Å². The molecule has 5 heteroatoms. The van der Waals surface area contributed by atoms with Gasteiger partial charge < -0.3 is 29.9 Å². The van der Waals surface area contributed by atoms with Crippen LogP contribution in [0.1, 0.15) is 52.7 Å². The van der Waals surface area contributed by atoms with Crippen LogP contribution in [0.3, 0.4) is 0 Å². The molecule has 0 amide bonds. The summed E-state index contributed by atoms with van der Waals surface area (Å²) >= 11 is 6.57. The van der Waals surface area contributed by atoms with Crippen molar-refractivity contribution in [3.8, 4) is 0 Å². The summed E-state index contributed by atoms with van der Waals surface area (Å²) in [5.74, 6) is 0. The van der Waals surface area contributed by atoms with Crippen molar-refractivity contribution >= 4 is 31.9 Å². The van der Waals surface area contributed by atoms with E-state index in [0.29, 0.717) is 0 Å². The van der Waals surface area contributed by atoms with E-state index in [1.807, 2.05) is 0 Å². The van der Waals surface area contributed by atoms with Gasteiger partial charge >= 0.3 is 16.5 Å². The van der Waals surface area contributed by atoms with E-state index in [2.05, 4.69) is 128 Å². The Balaban J connectivity index is 0.00000480. The molecule has 0 heterocycles. The number of nitrogens with zero attached hydrogens (tertiary/aromatic N) is 2. The number of hydrogen-bond acceptors (Lipinski definition) is 3. The molecule has 0 saturated carbocycles. The Kier molecular flexibility index (Phi) is 11.4. The van der Waals surface area contributed by atoms with Crippen molar-refractivity contribution in [3.63, 3.8) is 0 Å². The third kappa shape index (κ3) is 7.41. The van der Waals surface area contributed by atoms with E-state index < -0.39 is 12.7 Å².